The number of pyridine rings is 1. The van der Waals surface area contributed by atoms with E-state index in [0.29, 0.717) is 16.5 Å². The Labute approximate surface area is 206 Å². The lowest BCUT2D eigenvalue weighted by Gasteiger charge is -2.18. The van der Waals surface area contributed by atoms with Gasteiger partial charge in [0, 0.05) is 47.7 Å². The Morgan fingerprint density at radius 2 is 2.06 bits per heavy atom. The van der Waals surface area contributed by atoms with Crippen molar-refractivity contribution in [1.82, 2.24) is 14.6 Å². The van der Waals surface area contributed by atoms with Gasteiger partial charge in [-0.25, -0.2) is 18.9 Å². The van der Waals surface area contributed by atoms with Gasteiger partial charge in [0.25, 0.3) is 0 Å². The lowest BCUT2D eigenvalue weighted by Crippen LogP contribution is -2.24. The summed E-state index contributed by atoms with van der Waals surface area (Å²) in [6.45, 7) is 0. The number of hydrogen-bond donors (Lipinski definition) is 3. The topological polar surface area (TPSA) is 116 Å². The average molecular weight is 494 g/mol. The molecule has 1 aliphatic rings. The Balaban J connectivity index is 1.61. The zero-order chi connectivity index (χ0) is 24.5. The summed E-state index contributed by atoms with van der Waals surface area (Å²) in [4.78, 5) is 8.72. The van der Waals surface area contributed by atoms with Crippen LogP contribution >= 0.6 is 11.6 Å². The molecule has 0 radical (unpaired) electrons. The van der Waals surface area contributed by atoms with Crippen molar-refractivity contribution in [2.45, 2.75) is 31.3 Å². The third-order valence-electron chi connectivity index (χ3n) is 6.16. The second-order valence-electron chi connectivity index (χ2n) is 8.59. The van der Waals surface area contributed by atoms with Crippen molar-refractivity contribution < 1.29 is 9.13 Å². The summed E-state index contributed by atoms with van der Waals surface area (Å²) in [6.07, 6.45) is 8.05. The molecule has 35 heavy (non-hydrogen) atoms. The number of ether oxygens (including phenoxy) is 1. The summed E-state index contributed by atoms with van der Waals surface area (Å²) in [5, 5.41) is 8.47. The number of amidine groups is 1. The lowest BCUT2D eigenvalue weighted by molar-refractivity contribution is 0.398. The van der Waals surface area contributed by atoms with Crippen LogP contribution in [0.2, 0.25) is 5.02 Å². The van der Waals surface area contributed by atoms with Crippen LogP contribution < -0.4 is 21.5 Å². The van der Waals surface area contributed by atoms with Crippen LogP contribution in [0.4, 0.5) is 15.8 Å². The van der Waals surface area contributed by atoms with Crippen LogP contribution in [0.15, 0.2) is 60.0 Å². The van der Waals surface area contributed by atoms with Crippen LogP contribution in [0, 0.1) is 5.82 Å². The van der Waals surface area contributed by atoms with Gasteiger partial charge in [-0.3, -0.25) is 0 Å². The SMILES string of the molecule is COc1ccc(-c2cc3c(NC4CCC(N)C4)c(C(N)=Nc4cc(F)ccc4Cl)cnn3c2)cn1. The first kappa shape index (κ1) is 23.1. The average Bonchev–Trinajstić information content (AvgIpc) is 3.48. The fraction of sp³-hybridized carbons (Fsp3) is 0.240. The van der Waals surface area contributed by atoms with Crippen LogP contribution in [0.3, 0.4) is 0 Å². The normalized spacial score (nSPS) is 18.2. The molecule has 0 spiro atoms. The molecule has 1 saturated carbocycles. The van der Waals surface area contributed by atoms with E-state index in [2.05, 4.69) is 20.4 Å². The summed E-state index contributed by atoms with van der Waals surface area (Å²) in [5.74, 6) is 0.265. The number of hydrogen-bond acceptors (Lipinski definition) is 6. The molecule has 4 aromatic rings. The van der Waals surface area contributed by atoms with E-state index in [-0.39, 0.29) is 23.6 Å². The van der Waals surface area contributed by atoms with Gasteiger partial charge in [0.05, 0.1) is 40.8 Å². The molecule has 0 saturated heterocycles. The molecule has 1 aliphatic carbocycles. The molecule has 0 amide bonds. The molecule has 180 valence electrons. The molecule has 3 heterocycles. The van der Waals surface area contributed by atoms with Crippen molar-refractivity contribution in [2.75, 3.05) is 12.4 Å². The quantitative estimate of drug-likeness (QED) is 0.268. The molecule has 8 nitrogen and oxygen atoms in total. The number of benzene rings is 1. The number of halogens is 2. The van der Waals surface area contributed by atoms with Crippen molar-refractivity contribution in [3.8, 4) is 17.0 Å². The molecule has 1 aromatic carbocycles. The minimum atomic E-state index is -0.447. The van der Waals surface area contributed by atoms with E-state index in [4.69, 9.17) is 27.8 Å². The summed E-state index contributed by atoms with van der Waals surface area (Å²) < 4.78 is 20.7. The highest BCUT2D eigenvalue weighted by Crippen LogP contribution is 2.32. The fourth-order valence-electron chi connectivity index (χ4n) is 4.35. The molecule has 0 bridgehead atoms. The first-order valence-corrected chi connectivity index (χ1v) is 11.6. The van der Waals surface area contributed by atoms with Gasteiger partial charge in [-0.05, 0) is 43.5 Å². The van der Waals surface area contributed by atoms with Gasteiger partial charge in [-0.15, -0.1) is 0 Å². The van der Waals surface area contributed by atoms with Crippen molar-refractivity contribution in [2.24, 2.45) is 16.5 Å². The van der Waals surface area contributed by atoms with Crippen molar-refractivity contribution >= 4 is 34.3 Å². The maximum atomic E-state index is 13.8. The molecule has 3 aromatic heterocycles. The molecule has 2 atom stereocenters. The minimum absolute atomic E-state index is 0.152. The van der Waals surface area contributed by atoms with Gasteiger partial charge < -0.3 is 21.5 Å². The van der Waals surface area contributed by atoms with E-state index in [1.165, 1.54) is 18.2 Å². The Morgan fingerprint density at radius 1 is 1.20 bits per heavy atom. The van der Waals surface area contributed by atoms with E-state index in [1.807, 2.05) is 24.4 Å². The zero-order valence-corrected chi connectivity index (χ0v) is 19.8. The second-order valence-corrected chi connectivity index (χ2v) is 9.00. The van der Waals surface area contributed by atoms with E-state index in [1.54, 1.807) is 24.0 Å². The lowest BCUT2D eigenvalue weighted by atomic mass is 10.1. The minimum Gasteiger partial charge on any atom is -0.481 e. The number of nitrogens with two attached hydrogens (primary N) is 2. The molecular formula is C25H25ClFN7O. The van der Waals surface area contributed by atoms with E-state index in [0.717, 1.165) is 41.6 Å². The maximum absolute atomic E-state index is 13.8. The maximum Gasteiger partial charge on any atom is 0.212 e. The Bertz CT molecular complexity index is 1400. The molecule has 0 aliphatic heterocycles. The number of nitrogens with zero attached hydrogens (tertiary/aromatic N) is 4. The summed E-state index contributed by atoms with van der Waals surface area (Å²) in [7, 11) is 1.58. The van der Waals surface area contributed by atoms with Gasteiger partial charge in [0.15, 0.2) is 0 Å². The molecule has 1 fully saturated rings. The number of aromatic nitrogens is 3. The largest absolute Gasteiger partial charge is 0.481 e. The van der Waals surface area contributed by atoms with Gasteiger partial charge >= 0.3 is 0 Å². The Kier molecular flexibility index (Phi) is 6.27. The monoisotopic (exact) mass is 493 g/mol. The van der Waals surface area contributed by atoms with Crippen molar-refractivity contribution in [3.63, 3.8) is 0 Å². The van der Waals surface area contributed by atoms with Crippen LogP contribution in [0.1, 0.15) is 24.8 Å². The van der Waals surface area contributed by atoms with Crippen molar-refractivity contribution in [3.05, 3.63) is 71.4 Å². The van der Waals surface area contributed by atoms with Crippen LogP contribution in [-0.2, 0) is 0 Å². The number of fused-ring (bicyclic) bond motifs is 1. The number of nitrogens with one attached hydrogen (secondary N) is 1. The van der Waals surface area contributed by atoms with Crippen LogP contribution in [0.5, 0.6) is 5.88 Å². The standard InChI is InChI=1S/C25H25ClFN7O/c1-35-23-7-2-14(11-30-23)15-8-22-24(32-18-5-4-17(28)10-18)19(12-31-34(22)13-15)25(29)33-21-9-16(27)3-6-20(21)26/h2-3,6-9,11-13,17-18,32H,4-5,10,28H2,1H3,(H2,29,33). The van der Waals surface area contributed by atoms with Crippen LogP contribution in [-0.4, -0.2) is 39.6 Å². The number of aliphatic imine (C=N–C) groups is 1. The fourth-order valence-corrected chi connectivity index (χ4v) is 4.51. The first-order valence-electron chi connectivity index (χ1n) is 11.2. The molecule has 2 unspecified atom stereocenters. The third-order valence-corrected chi connectivity index (χ3v) is 6.48. The molecule has 5 N–H and O–H groups in total. The highest BCUT2D eigenvalue weighted by molar-refractivity contribution is 6.33. The van der Waals surface area contributed by atoms with E-state index >= 15 is 0 Å². The number of methoxy groups -OCH3 is 1. The smallest absolute Gasteiger partial charge is 0.212 e. The van der Waals surface area contributed by atoms with E-state index in [9.17, 15) is 4.39 Å². The highest BCUT2D eigenvalue weighted by Gasteiger charge is 2.24. The highest BCUT2D eigenvalue weighted by atomic mass is 35.5. The van der Waals surface area contributed by atoms with Gasteiger partial charge in [-0.2, -0.15) is 5.10 Å². The first-order chi connectivity index (χ1) is 16.9. The van der Waals surface area contributed by atoms with Crippen LogP contribution in [0.25, 0.3) is 16.6 Å². The predicted octanol–water partition coefficient (Wildman–Crippen LogP) is 4.53. The van der Waals surface area contributed by atoms with Gasteiger partial charge in [0.1, 0.15) is 11.7 Å². The molecule has 5 rings (SSSR count). The summed E-state index contributed by atoms with van der Waals surface area (Å²) in [6, 6.07) is 10.1. The molecule has 10 heteroatoms. The zero-order valence-electron chi connectivity index (χ0n) is 19.1. The molecular weight excluding hydrogens is 469 g/mol. The number of anilines is 1. The predicted molar refractivity (Wildman–Crippen MR) is 136 cm³/mol. The summed E-state index contributed by atoms with van der Waals surface area (Å²) in [5.41, 5.74) is 16.9. The summed E-state index contributed by atoms with van der Waals surface area (Å²) >= 11 is 6.22. The second kappa shape index (κ2) is 9.52. The van der Waals surface area contributed by atoms with E-state index < -0.39 is 5.82 Å². The Morgan fingerprint density at radius 3 is 2.77 bits per heavy atom. The Hall–Kier alpha value is -3.69. The van der Waals surface area contributed by atoms with Crippen molar-refractivity contribution in [1.29, 1.82) is 0 Å². The van der Waals surface area contributed by atoms with Gasteiger partial charge in [-0.1, -0.05) is 11.6 Å². The van der Waals surface area contributed by atoms with Gasteiger partial charge in [0.2, 0.25) is 5.88 Å². The third kappa shape index (κ3) is 4.78. The number of rotatable bonds is 6.